The Hall–Kier alpha value is -2.29. The van der Waals surface area contributed by atoms with Gasteiger partial charge in [-0.05, 0) is 65.8 Å². The zero-order chi connectivity index (χ0) is 22.4. The third-order valence-electron chi connectivity index (χ3n) is 6.09. The lowest BCUT2D eigenvalue weighted by molar-refractivity contribution is -0.131. The molecule has 1 N–H and O–H groups in total. The van der Waals surface area contributed by atoms with E-state index < -0.39 is 5.97 Å². The maximum atomic E-state index is 10.8. The van der Waals surface area contributed by atoms with Crippen molar-refractivity contribution in [3.05, 3.63) is 58.7 Å². The second kappa shape index (κ2) is 10.1. The van der Waals surface area contributed by atoms with Crippen molar-refractivity contribution < 1.29 is 14.6 Å². The molecule has 1 aromatic rings. The molecule has 0 saturated heterocycles. The SMILES string of the molecule is CCCCCOc1cc2c(cc1C=CC=CC(C)=CC(=O)O)C(C)(C)CCC2(C)C. The van der Waals surface area contributed by atoms with Crippen molar-refractivity contribution in [2.75, 3.05) is 6.61 Å². The molecule has 1 aliphatic rings. The number of carbonyl (C=O) groups is 1. The second-order valence-electron chi connectivity index (χ2n) is 9.70. The number of unbranched alkanes of at least 4 members (excludes halogenated alkanes) is 2. The molecule has 0 spiro atoms. The van der Waals surface area contributed by atoms with Crippen molar-refractivity contribution in [3.63, 3.8) is 0 Å². The Morgan fingerprint density at radius 3 is 2.30 bits per heavy atom. The molecule has 0 radical (unpaired) electrons. The van der Waals surface area contributed by atoms with Crippen LogP contribution in [0.25, 0.3) is 6.08 Å². The van der Waals surface area contributed by atoms with Gasteiger partial charge in [-0.1, -0.05) is 71.8 Å². The highest BCUT2D eigenvalue weighted by Crippen LogP contribution is 2.47. The van der Waals surface area contributed by atoms with E-state index in [2.05, 4.69) is 52.8 Å². The van der Waals surface area contributed by atoms with Gasteiger partial charge in [0, 0.05) is 11.6 Å². The van der Waals surface area contributed by atoms with Crippen LogP contribution in [0.15, 0.2) is 42.0 Å². The Morgan fingerprint density at radius 2 is 1.70 bits per heavy atom. The third kappa shape index (κ3) is 6.35. The summed E-state index contributed by atoms with van der Waals surface area (Å²) in [4.78, 5) is 10.8. The molecule has 0 atom stereocenters. The van der Waals surface area contributed by atoms with Crippen LogP contribution >= 0.6 is 0 Å². The minimum absolute atomic E-state index is 0.144. The summed E-state index contributed by atoms with van der Waals surface area (Å²) in [5.41, 5.74) is 4.89. The minimum Gasteiger partial charge on any atom is -0.493 e. The molecule has 0 fully saturated rings. The lowest BCUT2D eigenvalue weighted by Crippen LogP contribution is -2.34. The van der Waals surface area contributed by atoms with Crippen molar-refractivity contribution in [2.45, 2.75) is 84.5 Å². The molecule has 3 nitrogen and oxygen atoms in total. The molecule has 1 aromatic carbocycles. The Bertz CT molecular complexity index is 838. The Kier molecular flexibility index (Phi) is 8.11. The largest absolute Gasteiger partial charge is 0.493 e. The Labute approximate surface area is 182 Å². The summed E-state index contributed by atoms with van der Waals surface area (Å²) in [6.07, 6.45) is 14.7. The monoisotopic (exact) mass is 410 g/mol. The number of carboxylic acid groups (broad SMARTS) is 1. The van der Waals surface area contributed by atoms with E-state index in [4.69, 9.17) is 9.84 Å². The standard InChI is InChI=1S/C27H38O3/c1-7-8-11-16-30-24-19-23-22(26(3,4)14-15-27(23,5)6)18-21(24)13-10-9-12-20(2)17-25(28)29/h9-10,12-13,17-19H,7-8,11,14-16H2,1-6H3,(H,28,29). The highest BCUT2D eigenvalue weighted by molar-refractivity contribution is 5.81. The summed E-state index contributed by atoms with van der Waals surface area (Å²) < 4.78 is 6.23. The van der Waals surface area contributed by atoms with E-state index in [0.717, 1.165) is 24.3 Å². The quantitative estimate of drug-likeness (QED) is 0.266. The number of carboxylic acids is 1. The first-order chi connectivity index (χ1) is 14.1. The zero-order valence-corrected chi connectivity index (χ0v) is 19.5. The van der Waals surface area contributed by atoms with E-state index in [-0.39, 0.29) is 10.8 Å². The normalized spacial score (nSPS) is 18.0. The van der Waals surface area contributed by atoms with E-state index in [0.29, 0.717) is 5.57 Å². The van der Waals surface area contributed by atoms with Crippen LogP contribution in [0.5, 0.6) is 5.75 Å². The lowest BCUT2D eigenvalue weighted by atomic mass is 9.63. The van der Waals surface area contributed by atoms with Gasteiger partial charge in [0.25, 0.3) is 0 Å². The predicted molar refractivity (Wildman–Crippen MR) is 126 cm³/mol. The zero-order valence-electron chi connectivity index (χ0n) is 19.5. The number of hydrogen-bond donors (Lipinski definition) is 1. The van der Waals surface area contributed by atoms with Gasteiger partial charge in [-0.15, -0.1) is 0 Å². The molecule has 30 heavy (non-hydrogen) atoms. The summed E-state index contributed by atoms with van der Waals surface area (Å²) in [5.74, 6) is 0.0153. The maximum absolute atomic E-state index is 10.8. The van der Waals surface area contributed by atoms with Gasteiger partial charge >= 0.3 is 5.97 Å². The van der Waals surface area contributed by atoms with Gasteiger partial charge < -0.3 is 9.84 Å². The first-order valence-electron chi connectivity index (χ1n) is 11.1. The van der Waals surface area contributed by atoms with Gasteiger partial charge in [0.2, 0.25) is 0 Å². The van der Waals surface area contributed by atoms with E-state index in [1.54, 1.807) is 13.0 Å². The van der Waals surface area contributed by atoms with Crippen molar-refractivity contribution in [1.29, 1.82) is 0 Å². The van der Waals surface area contributed by atoms with Gasteiger partial charge in [-0.2, -0.15) is 0 Å². The molecule has 0 saturated carbocycles. The van der Waals surface area contributed by atoms with Crippen molar-refractivity contribution in [2.24, 2.45) is 0 Å². The number of benzene rings is 1. The minimum atomic E-state index is -0.927. The topological polar surface area (TPSA) is 46.5 Å². The fraction of sp³-hybridized carbons (Fsp3) is 0.519. The van der Waals surface area contributed by atoms with Gasteiger partial charge in [0.1, 0.15) is 5.75 Å². The summed E-state index contributed by atoms with van der Waals surface area (Å²) in [6, 6.07) is 4.57. The molecule has 1 aliphatic carbocycles. The second-order valence-corrected chi connectivity index (χ2v) is 9.70. The van der Waals surface area contributed by atoms with E-state index in [9.17, 15) is 4.79 Å². The molecule has 2 rings (SSSR count). The first-order valence-corrected chi connectivity index (χ1v) is 11.1. The first kappa shape index (κ1) is 24.0. The van der Waals surface area contributed by atoms with Crippen LogP contribution in [-0.2, 0) is 15.6 Å². The lowest BCUT2D eigenvalue weighted by Gasteiger charge is -2.42. The number of allylic oxidation sites excluding steroid dienone is 4. The van der Waals surface area contributed by atoms with E-state index in [1.165, 1.54) is 42.9 Å². The molecule has 0 amide bonds. The highest BCUT2D eigenvalue weighted by atomic mass is 16.5. The molecule has 0 aromatic heterocycles. The molecule has 0 unspecified atom stereocenters. The van der Waals surface area contributed by atoms with E-state index in [1.807, 2.05) is 12.2 Å². The number of hydrogen-bond acceptors (Lipinski definition) is 2. The molecule has 164 valence electrons. The Balaban J connectivity index is 2.39. The smallest absolute Gasteiger partial charge is 0.328 e. The van der Waals surface area contributed by atoms with Crippen LogP contribution in [0.3, 0.4) is 0 Å². The average Bonchev–Trinajstić information content (AvgIpc) is 2.66. The molecule has 0 heterocycles. The Morgan fingerprint density at radius 1 is 1.07 bits per heavy atom. The van der Waals surface area contributed by atoms with Crippen molar-refractivity contribution in [1.82, 2.24) is 0 Å². The van der Waals surface area contributed by atoms with Crippen LogP contribution in [0.2, 0.25) is 0 Å². The van der Waals surface area contributed by atoms with Gasteiger partial charge in [0.15, 0.2) is 0 Å². The van der Waals surface area contributed by atoms with Gasteiger partial charge in [-0.25, -0.2) is 4.79 Å². The average molecular weight is 411 g/mol. The van der Waals surface area contributed by atoms with Crippen molar-refractivity contribution in [3.8, 4) is 5.75 Å². The summed E-state index contributed by atoms with van der Waals surface area (Å²) in [5, 5.41) is 8.83. The fourth-order valence-electron chi connectivity index (χ4n) is 4.01. The molecular formula is C27H38O3. The van der Waals surface area contributed by atoms with Gasteiger partial charge in [-0.3, -0.25) is 0 Å². The van der Waals surface area contributed by atoms with Crippen LogP contribution in [0.4, 0.5) is 0 Å². The van der Waals surface area contributed by atoms with Crippen LogP contribution in [0, 0.1) is 0 Å². The molecule has 3 heteroatoms. The summed E-state index contributed by atoms with van der Waals surface area (Å²) >= 11 is 0. The van der Waals surface area contributed by atoms with Gasteiger partial charge in [0.05, 0.1) is 6.61 Å². The summed E-state index contributed by atoms with van der Waals surface area (Å²) in [7, 11) is 0. The fourth-order valence-corrected chi connectivity index (χ4v) is 4.01. The molecular weight excluding hydrogens is 372 g/mol. The number of fused-ring (bicyclic) bond motifs is 1. The third-order valence-corrected chi connectivity index (χ3v) is 6.09. The number of ether oxygens (including phenoxy) is 1. The molecule has 0 aliphatic heterocycles. The van der Waals surface area contributed by atoms with E-state index >= 15 is 0 Å². The molecule has 0 bridgehead atoms. The van der Waals surface area contributed by atoms with Crippen LogP contribution in [-0.4, -0.2) is 17.7 Å². The van der Waals surface area contributed by atoms with Crippen LogP contribution in [0.1, 0.15) is 90.3 Å². The summed E-state index contributed by atoms with van der Waals surface area (Å²) in [6.45, 7) is 14.0. The maximum Gasteiger partial charge on any atom is 0.328 e. The predicted octanol–water partition coefficient (Wildman–Crippen LogP) is 7.20. The highest BCUT2D eigenvalue weighted by Gasteiger charge is 2.37. The van der Waals surface area contributed by atoms with Crippen molar-refractivity contribution >= 4 is 12.0 Å². The number of rotatable bonds is 9. The van der Waals surface area contributed by atoms with Crippen LogP contribution < -0.4 is 4.74 Å². The number of aliphatic carboxylic acids is 1.